The molecule has 1 heterocycles. The molecule has 20 heavy (non-hydrogen) atoms. The molecule has 0 radical (unpaired) electrons. The number of rotatable bonds is 4. The second-order valence-electron chi connectivity index (χ2n) is 4.10. The van der Waals surface area contributed by atoms with E-state index in [0.29, 0.717) is 16.1 Å². The second-order valence-corrected chi connectivity index (χ2v) is 6.68. The molecular formula is C11H15N3O4S2. The molecule has 0 aliphatic heterocycles. The second kappa shape index (κ2) is 5.43. The Kier molecular flexibility index (Phi) is 4.02. The Labute approximate surface area is 120 Å². The summed E-state index contributed by atoms with van der Waals surface area (Å²) in [5.74, 6) is 5.98. The molecule has 2 rings (SSSR count). The van der Waals surface area contributed by atoms with Crippen LogP contribution < -0.4 is 15.4 Å². The third-order valence-electron chi connectivity index (χ3n) is 2.93. The lowest BCUT2D eigenvalue weighted by atomic mass is 10.3. The predicted octanol–water partition coefficient (Wildman–Crippen LogP) is 1.28. The van der Waals surface area contributed by atoms with Crippen LogP contribution >= 0.6 is 11.3 Å². The molecule has 7 nitrogen and oxygen atoms in total. The molecule has 9 heteroatoms. The molecule has 0 saturated carbocycles. The van der Waals surface area contributed by atoms with Crippen LogP contribution in [-0.4, -0.2) is 24.6 Å². The Morgan fingerprint density at radius 2 is 2.25 bits per heavy atom. The molecule has 0 aliphatic carbocycles. The first-order valence-corrected chi connectivity index (χ1v) is 8.13. The Morgan fingerprint density at radius 3 is 2.75 bits per heavy atom. The molecular weight excluding hydrogens is 302 g/mol. The van der Waals surface area contributed by atoms with Crippen LogP contribution in [0.4, 0.5) is 0 Å². The zero-order valence-electron chi connectivity index (χ0n) is 11.0. The third kappa shape index (κ3) is 2.51. The summed E-state index contributed by atoms with van der Waals surface area (Å²) in [6.45, 7) is 1.67. The van der Waals surface area contributed by atoms with Crippen molar-refractivity contribution in [1.29, 1.82) is 0 Å². The molecule has 1 aromatic heterocycles. The van der Waals surface area contributed by atoms with Crippen LogP contribution in [0.25, 0.3) is 10.2 Å². The van der Waals surface area contributed by atoms with Gasteiger partial charge in [0.2, 0.25) is 4.80 Å². The predicted molar refractivity (Wildman–Crippen MR) is 77.0 cm³/mol. The lowest BCUT2D eigenvalue weighted by Gasteiger charge is -2.14. The summed E-state index contributed by atoms with van der Waals surface area (Å²) >= 11 is 1.23. The Bertz CT molecular complexity index is 792. The molecule has 0 spiro atoms. The maximum atomic E-state index is 11.5. The molecule has 2 aromatic rings. The number of hydrogen-bond acceptors (Lipinski definition) is 6. The van der Waals surface area contributed by atoms with Crippen LogP contribution in [0.2, 0.25) is 0 Å². The first-order valence-electron chi connectivity index (χ1n) is 5.81. The van der Waals surface area contributed by atoms with Crippen molar-refractivity contribution in [2.24, 2.45) is 10.9 Å². The van der Waals surface area contributed by atoms with E-state index in [-0.39, 0.29) is 6.42 Å². The molecule has 0 aliphatic rings. The van der Waals surface area contributed by atoms with Crippen molar-refractivity contribution in [3.63, 3.8) is 0 Å². The molecule has 1 unspecified atom stereocenters. The SMILES string of the molecule is CCC(n1c(=NN)sc2cc(OC)ccc21)S(=O)(=O)O. The highest BCUT2D eigenvalue weighted by atomic mass is 32.2. The van der Waals surface area contributed by atoms with Gasteiger partial charge in [-0.15, -0.1) is 0 Å². The topological polar surface area (TPSA) is 107 Å². The molecule has 3 N–H and O–H groups in total. The fourth-order valence-electron chi connectivity index (χ4n) is 2.05. The van der Waals surface area contributed by atoms with Gasteiger partial charge >= 0.3 is 0 Å². The Balaban J connectivity index is 2.81. The van der Waals surface area contributed by atoms with Crippen LogP contribution in [0.15, 0.2) is 23.3 Å². The van der Waals surface area contributed by atoms with E-state index in [2.05, 4.69) is 5.10 Å². The maximum absolute atomic E-state index is 11.5. The highest BCUT2D eigenvalue weighted by Crippen LogP contribution is 2.28. The fraction of sp³-hybridized carbons (Fsp3) is 0.364. The van der Waals surface area contributed by atoms with Gasteiger partial charge in [0, 0.05) is 0 Å². The van der Waals surface area contributed by atoms with Crippen molar-refractivity contribution in [1.82, 2.24) is 4.57 Å². The van der Waals surface area contributed by atoms with Crippen LogP contribution in [0, 0.1) is 0 Å². The zero-order chi connectivity index (χ0) is 14.9. The maximum Gasteiger partial charge on any atom is 0.286 e. The van der Waals surface area contributed by atoms with Crippen LogP contribution in [0.1, 0.15) is 18.7 Å². The molecule has 0 fully saturated rings. The van der Waals surface area contributed by atoms with Crippen molar-refractivity contribution >= 4 is 31.7 Å². The van der Waals surface area contributed by atoms with Gasteiger partial charge in [0.05, 0.1) is 17.3 Å². The van der Waals surface area contributed by atoms with Gasteiger partial charge in [0.25, 0.3) is 10.1 Å². The van der Waals surface area contributed by atoms with E-state index in [0.717, 1.165) is 4.70 Å². The van der Waals surface area contributed by atoms with Crippen molar-refractivity contribution < 1.29 is 17.7 Å². The smallest absolute Gasteiger partial charge is 0.286 e. The van der Waals surface area contributed by atoms with E-state index in [4.69, 9.17) is 10.6 Å². The standard InChI is InChI=1S/C11H15N3O4S2/c1-3-10(20(15,16)17)14-8-5-4-7(18-2)6-9(8)19-11(14)13-12/h4-6,10H,3,12H2,1-2H3,(H,15,16,17). The van der Waals surface area contributed by atoms with Gasteiger partial charge in [0.15, 0.2) is 5.37 Å². The van der Waals surface area contributed by atoms with Gasteiger partial charge in [0.1, 0.15) is 5.75 Å². The minimum absolute atomic E-state index is 0.198. The van der Waals surface area contributed by atoms with E-state index in [1.165, 1.54) is 15.9 Å². The summed E-state index contributed by atoms with van der Waals surface area (Å²) in [4.78, 5) is 0.317. The number of nitrogens with two attached hydrogens (primary N) is 1. The summed E-state index contributed by atoms with van der Waals surface area (Å²) < 4.78 is 39.8. The van der Waals surface area contributed by atoms with E-state index in [1.807, 2.05) is 0 Å². The number of methoxy groups -OCH3 is 1. The third-order valence-corrected chi connectivity index (χ3v) is 5.19. The highest BCUT2D eigenvalue weighted by molar-refractivity contribution is 7.85. The molecule has 0 amide bonds. The summed E-state index contributed by atoms with van der Waals surface area (Å²) in [7, 11) is -2.71. The lowest BCUT2D eigenvalue weighted by molar-refractivity contribution is 0.415. The van der Waals surface area contributed by atoms with E-state index >= 15 is 0 Å². The average Bonchev–Trinajstić information content (AvgIpc) is 2.75. The molecule has 0 saturated heterocycles. The number of nitrogens with zero attached hydrogens (tertiary/aromatic N) is 2. The summed E-state index contributed by atoms with van der Waals surface area (Å²) in [6, 6.07) is 5.19. The number of thiazole rings is 1. The zero-order valence-corrected chi connectivity index (χ0v) is 12.6. The number of ether oxygens (including phenoxy) is 1. The summed E-state index contributed by atoms with van der Waals surface area (Å²) in [5, 5.41) is 2.49. The van der Waals surface area contributed by atoms with Crippen LogP contribution in [-0.2, 0) is 10.1 Å². The number of hydrogen-bond donors (Lipinski definition) is 2. The minimum atomic E-state index is -4.25. The first-order chi connectivity index (χ1) is 9.42. The molecule has 0 bridgehead atoms. The molecule has 1 atom stereocenters. The van der Waals surface area contributed by atoms with E-state index in [1.54, 1.807) is 32.2 Å². The van der Waals surface area contributed by atoms with Crippen molar-refractivity contribution in [3.8, 4) is 5.75 Å². The van der Waals surface area contributed by atoms with Gasteiger partial charge in [-0.05, 0) is 24.6 Å². The van der Waals surface area contributed by atoms with Gasteiger partial charge in [-0.2, -0.15) is 13.5 Å². The largest absolute Gasteiger partial charge is 0.497 e. The molecule has 1 aromatic carbocycles. The van der Waals surface area contributed by atoms with Crippen LogP contribution in [0.5, 0.6) is 5.75 Å². The van der Waals surface area contributed by atoms with Crippen molar-refractivity contribution in [2.45, 2.75) is 18.7 Å². The fourth-order valence-corrected chi connectivity index (χ4v) is 4.03. The molecule has 110 valence electrons. The first kappa shape index (κ1) is 14.8. The minimum Gasteiger partial charge on any atom is -0.497 e. The number of aromatic nitrogens is 1. The summed E-state index contributed by atoms with van der Waals surface area (Å²) in [6.07, 6.45) is 0.198. The Morgan fingerprint density at radius 1 is 1.55 bits per heavy atom. The van der Waals surface area contributed by atoms with E-state index < -0.39 is 15.5 Å². The average molecular weight is 317 g/mol. The van der Waals surface area contributed by atoms with Gasteiger partial charge in [-0.1, -0.05) is 18.3 Å². The normalized spacial score (nSPS) is 14.7. The van der Waals surface area contributed by atoms with Crippen molar-refractivity contribution in [3.05, 3.63) is 23.0 Å². The van der Waals surface area contributed by atoms with Gasteiger partial charge in [-0.25, -0.2) is 0 Å². The quantitative estimate of drug-likeness (QED) is 0.502. The highest BCUT2D eigenvalue weighted by Gasteiger charge is 2.26. The van der Waals surface area contributed by atoms with Crippen molar-refractivity contribution in [2.75, 3.05) is 7.11 Å². The van der Waals surface area contributed by atoms with Crippen LogP contribution in [0.3, 0.4) is 0 Å². The number of benzene rings is 1. The van der Waals surface area contributed by atoms with E-state index in [9.17, 15) is 13.0 Å². The Hall–Kier alpha value is -1.58. The summed E-state index contributed by atoms with van der Waals surface area (Å²) in [5.41, 5.74) is 0.629. The monoisotopic (exact) mass is 317 g/mol. The number of fused-ring (bicyclic) bond motifs is 1. The lowest BCUT2D eigenvalue weighted by Crippen LogP contribution is -2.27. The van der Waals surface area contributed by atoms with Gasteiger partial charge < -0.3 is 10.6 Å². The van der Waals surface area contributed by atoms with Gasteiger partial charge in [-0.3, -0.25) is 9.12 Å².